The lowest BCUT2D eigenvalue weighted by Gasteiger charge is -2.24. The van der Waals surface area contributed by atoms with Crippen molar-refractivity contribution in [3.8, 4) is 0 Å². The third kappa shape index (κ3) is 3.98. The van der Waals surface area contributed by atoms with Gasteiger partial charge in [0.15, 0.2) is 0 Å². The molecule has 2 atom stereocenters. The van der Waals surface area contributed by atoms with E-state index in [1.807, 2.05) is 30.3 Å². The van der Waals surface area contributed by atoms with Crippen molar-refractivity contribution in [2.24, 2.45) is 0 Å². The molecule has 1 amide bonds. The van der Waals surface area contributed by atoms with Crippen LogP contribution in [0.15, 0.2) is 30.3 Å². The van der Waals surface area contributed by atoms with Crippen molar-refractivity contribution in [1.29, 1.82) is 0 Å². The molecule has 0 bridgehead atoms. The summed E-state index contributed by atoms with van der Waals surface area (Å²) in [5.41, 5.74) is 1.11. The number of thioether (sulfide) groups is 1. The van der Waals surface area contributed by atoms with E-state index in [0.29, 0.717) is 18.8 Å². The van der Waals surface area contributed by atoms with Gasteiger partial charge in [0.25, 0.3) is 0 Å². The van der Waals surface area contributed by atoms with Crippen molar-refractivity contribution in [2.75, 3.05) is 12.3 Å². The molecule has 3 nitrogen and oxygen atoms in total. The molecular formula is C15H21NO2S. The molecule has 1 fully saturated rings. The number of hydrogen-bond acceptors (Lipinski definition) is 3. The molecule has 19 heavy (non-hydrogen) atoms. The molecule has 2 rings (SSSR count). The molecule has 1 aliphatic heterocycles. The summed E-state index contributed by atoms with van der Waals surface area (Å²) in [5, 5.41) is 10.4. The summed E-state index contributed by atoms with van der Waals surface area (Å²) in [7, 11) is 0. The lowest BCUT2D eigenvalue weighted by Crippen LogP contribution is -2.38. The first-order chi connectivity index (χ1) is 9.20. The maximum absolute atomic E-state index is 12.1. The van der Waals surface area contributed by atoms with Crippen LogP contribution in [0.3, 0.4) is 0 Å². The Kier molecular flexibility index (Phi) is 5.28. The molecule has 1 saturated heterocycles. The van der Waals surface area contributed by atoms with Crippen LogP contribution >= 0.6 is 11.8 Å². The molecule has 0 radical (unpaired) electrons. The predicted molar refractivity (Wildman–Crippen MR) is 79.0 cm³/mol. The van der Waals surface area contributed by atoms with Gasteiger partial charge in [0.05, 0.1) is 11.9 Å². The number of carbonyl (C=O) groups excluding carboxylic acids is 1. The van der Waals surface area contributed by atoms with Crippen LogP contribution in [0.2, 0.25) is 0 Å². The first-order valence-electron chi connectivity index (χ1n) is 6.82. The average molecular weight is 279 g/mol. The SMILES string of the molecule is CCC[C@H]1SCC(=O)N(Cc2ccccc2)C[C@@H]1O. The molecule has 0 unspecified atom stereocenters. The van der Waals surface area contributed by atoms with Crippen LogP contribution in [0.25, 0.3) is 0 Å². The normalized spacial score (nSPS) is 24.3. The smallest absolute Gasteiger partial charge is 0.232 e. The Hall–Kier alpha value is -1.00. The van der Waals surface area contributed by atoms with Crippen LogP contribution in [0.4, 0.5) is 0 Å². The number of nitrogens with zero attached hydrogens (tertiary/aromatic N) is 1. The highest BCUT2D eigenvalue weighted by Gasteiger charge is 2.29. The van der Waals surface area contributed by atoms with Gasteiger partial charge in [-0.1, -0.05) is 43.7 Å². The van der Waals surface area contributed by atoms with Crippen molar-refractivity contribution in [1.82, 2.24) is 4.90 Å². The first-order valence-corrected chi connectivity index (χ1v) is 7.87. The molecule has 1 aromatic rings. The van der Waals surface area contributed by atoms with Crippen LogP contribution in [0.1, 0.15) is 25.3 Å². The van der Waals surface area contributed by atoms with E-state index in [9.17, 15) is 9.90 Å². The third-order valence-corrected chi connectivity index (χ3v) is 4.79. The number of amides is 1. The van der Waals surface area contributed by atoms with Crippen molar-refractivity contribution >= 4 is 17.7 Å². The summed E-state index contributed by atoms with van der Waals surface area (Å²) in [5.74, 6) is 0.612. The van der Waals surface area contributed by atoms with Gasteiger partial charge in [-0.05, 0) is 12.0 Å². The quantitative estimate of drug-likeness (QED) is 0.919. The summed E-state index contributed by atoms with van der Waals surface area (Å²) < 4.78 is 0. The minimum Gasteiger partial charge on any atom is -0.390 e. The average Bonchev–Trinajstić information content (AvgIpc) is 2.54. The number of aliphatic hydroxyl groups excluding tert-OH is 1. The highest BCUT2D eigenvalue weighted by atomic mass is 32.2. The van der Waals surface area contributed by atoms with Gasteiger partial charge in [0.2, 0.25) is 5.91 Å². The molecular weight excluding hydrogens is 258 g/mol. The van der Waals surface area contributed by atoms with Gasteiger partial charge in [-0.2, -0.15) is 0 Å². The number of rotatable bonds is 4. The summed E-state index contributed by atoms with van der Waals surface area (Å²) in [6.45, 7) is 3.16. The van der Waals surface area contributed by atoms with Gasteiger partial charge < -0.3 is 10.0 Å². The second kappa shape index (κ2) is 6.96. The molecule has 0 spiro atoms. The Balaban J connectivity index is 2.02. The molecule has 1 aromatic carbocycles. The maximum atomic E-state index is 12.1. The van der Waals surface area contributed by atoms with E-state index in [0.717, 1.165) is 18.4 Å². The van der Waals surface area contributed by atoms with Crippen LogP contribution in [0, 0.1) is 0 Å². The van der Waals surface area contributed by atoms with E-state index < -0.39 is 6.10 Å². The predicted octanol–water partition coefficient (Wildman–Crippen LogP) is 2.29. The summed E-state index contributed by atoms with van der Waals surface area (Å²) in [4.78, 5) is 13.9. The van der Waals surface area contributed by atoms with E-state index in [1.54, 1.807) is 16.7 Å². The van der Waals surface area contributed by atoms with Crippen molar-refractivity contribution < 1.29 is 9.90 Å². The molecule has 0 aromatic heterocycles. The Morgan fingerprint density at radius 1 is 1.37 bits per heavy atom. The Labute approximate surface area is 119 Å². The van der Waals surface area contributed by atoms with Crippen LogP contribution < -0.4 is 0 Å². The van der Waals surface area contributed by atoms with E-state index in [2.05, 4.69) is 6.92 Å². The highest BCUT2D eigenvalue weighted by molar-refractivity contribution is 8.00. The topological polar surface area (TPSA) is 40.5 Å². The van der Waals surface area contributed by atoms with Gasteiger partial charge in [-0.3, -0.25) is 4.79 Å². The molecule has 1 aliphatic rings. The standard InChI is InChI=1S/C15H21NO2S/c1-2-6-14-13(17)10-16(15(18)11-19-14)9-12-7-4-3-5-8-12/h3-5,7-8,13-14,17H,2,6,9-11H2,1H3/t13-,14+/m0/s1. The van der Waals surface area contributed by atoms with E-state index in [4.69, 9.17) is 0 Å². The van der Waals surface area contributed by atoms with Gasteiger partial charge in [-0.15, -0.1) is 11.8 Å². The van der Waals surface area contributed by atoms with Crippen LogP contribution in [-0.2, 0) is 11.3 Å². The largest absolute Gasteiger partial charge is 0.390 e. The molecule has 1 heterocycles. The van der Waals surface area contributed by atoms with Crippen LogP contribution in [-0.4, -0.2) is 39.6 Å². The fourth-order valence-electron chi connectivity index (χ4n) is 2.34. The highest BCUT2D eigenvalue weighted by Crippen LogP contribution is 2.25. The van der Waals surface area contributed by atoms with Gasteiger partial charge >= 0.3 is 0 Å². The third-order valence-electron chi connectivity index (χ3n) is 3.40. The molecule has 0 saturated carbocycles. The fraction of sp³-hybridized carbons (Fsp3) is 0.533. The number of β-amino-alcohol motifs (C(OH)–C–C–N with tert-alkyl or cyclic N) is 1. The molecule has 4 heteroatoms. The zero-order chi connectivity index (χ0) is 13.7. The minimum atomic E-state index is -0.417. The van der Waals surface area contributed by atoms with Gasteiger partial charge in [-0.25, -0.2) is 0 Å². The molecule has 1 N–H and O–H groups in total. The maximum Gasteiger partial charge on any atom is 0.232 e. The van der Waals surface area contributed by atoms with Crippen molar-refractivity contribution in [3.63, 3.8) is 0 Å². The second-order valence-corrected chi connectivity index (χ2v) is 6.19. The van der Waals surface area contributed by atoms with Crippen molar-refractivity contribution in [3.05, 3.63) is 35.9 Å². The number of aliphatic hydroxyl groups is 1. The lowest BCUT2D eigenvalue weighted by atomic mass is 10.1. The fourth-order valence-corrected chi connectivity index (χ4v) is 3.59. The van der Waals surface area contributed by atoms with Gasteiger partial charge in [0, 0.05) is 18.3 Å². The number of carbonyl (C=O) groups is 1. The zero-order valence-electron chi connectivity index (χ0n) is 11.3. The Bertz CT molecular complexity index is 410. The number of benzene rings is 1. The Morgan fingerprint density at radius 2 is 2.11 bits per heavy atom. The first kappa shape index (κ1) is 14.4. The Morgan fingerprint density at radius 3 is 2.79 bits per heavy atom. The zero-order valence-corrected chi connectivity index (χ0v) is 12.1. The van der Waals surface area contributed by atoms with Crippen LogP contribution in [0.5, 0.6) is 0 Å². The number of hydrogen-bond donors (Lipinski definition) is 1. The second-order valence-electron chi connectivity index (χ2n) is 4.97. The van der Waals surface area contributed by atoms with E-state index in [-0.39, 0.29) is 11.2 Å². The monoisotopic (exact) mass is 279 g/mol. The minimum absolute atomic E-state index is 0.131. The summed E-state index contributed by atoms with van der Waals surface area (Å²) >= 11 is 1.60. The lowest BCUT2D eigenvalue weighted by molar-refractivity contribution is -0.130. The van der Waals surface area contributed by atoms with Gasteiger partial charge in [0.1, 0.15) is 0 Å². The molecule has 104 valence electrons. The van der Waals surface area contributed by atoms with Crippen molar-refractivity contribution in [2.45, 2.75) is 37.7 Å². The van der Waals surface area contributed by atoms with E-state index in [1.165, 1.54) is 0 Å². The van der Waals surface area contributed by atoms with E-state index >= 15 is 0 Å². The summed E-state index contributed by atoms with van der Waals surface area (Å²) in [6.07, 6.45) is 1.60. The molecule has 0 aliphatic carbocycles. The summed E-state index contributed by atoms with van der Waals surface area (Å²) in [6, 6.07) is 9.95.